The zero-order chi connectivity index (χ0) is 26.4. The third-order valence-corrected chi connectivity index (χ3v) is 8.76. The van der Waals surface area contributed by atoms with Gasteiger partial charge in [0.25, 0.3) is 0 Å². The number of hydrogen-bond acceptors (Lipinski definition) is 4. The first-order valence-corrected chi connectivity index (χ1v) is 13.9. The molecule has 1 spiro atoms. The second-order valence-electron chi connectivity index (χ2n) is 10.6. The first kappa shape index (κ1) is 25.4. The number of likely N-dealkylation sites (tertiary alicyclic amines) is 1. The molecule has 38 heavy (non-hydrogen) atoms. The maximum Gasteiger partial charge on any atom is 0.246 e. The summed E-state index contributed by atoms with van der Waals surface area (Å²) in [5.41, 5.74) is 0.222. The highest BCUT2D eigenvalue weighted by molar-refractivity contribution is 6.30. The molecular formula is C29H29Cl2N3O4. The van der Waals surface area contributed by atoms with Gasteiger partial charge in [-0.25, -0.2) is 0 Å². The summed E-state index contributed by atoms with van der Waals surface area (Å²) in [7, 11) is 0. The van der Waals surface area contributed by atoms with Crippen molar-refractivity contribution in [1.29, 1.82) is 0 Å². The van der Waals surface area contributed by atoms with E-state index in [4.69, 9.17) is 27.9 Å². The molecule has 3 amide bonds. The number of carbonyl (C=O) groups is 3. The van der Waals surface area contributed by atoms with Gasteiger partial charge in [-0.3, -0.25) is 14.4 Å². The van der Waals surface area contributed by atoms with E-state index in [2.05, 4.69) is 10.6 Å². The van der Waals surface area contributed by atoms with Gasteiger partial charge >= 0.3 is 0 Å². The lowest BCUT2D eigenvalue weighted by Crippen LogP contribution is -2.56. The van der Waals surface area contributed by atoms with E-state index in [0.29, 0.717) is 15.7 Å². The minimum absolute atomic E-state index is 0.0748. The Bertz CT molecular complexity index is 1280. The molecule has 198 valence electrons. The van der Waals surface area contributed by atoms with Crippen LogP contribution < -0.4 is 10.6 Å². The first-order valence-electron chi connectivity index (χ1n) is 13.1. The first-order chi connectivity index (χ1) is 18.4. The lowest BCUT2D eigenvalue weighted by Gasteiger charge is -2.34. The summed E-state index contributed by atoms with van der Waals surface area (Å²) in [5, 5.41) is 7.26. The molecule has 0 unspecified atom stereocenters. The zero-order valence-electron chi connectivity index (χ0n) is 20.7. The number of halogens is 2. The van der Waals surface area contributed by atoms with Crippen molar-refractivity contribution >= 4 is 46.6 Å². The molecule has 2 saturated heterocycles. The maximum absolute atomic E-state index is 14.1. The monoisotopic (exact) mass is 553 g/mol. The fourth-order valence-corrected chi connectivity index (χ4v) is 6.76. The lowest BCUT2D eigenvalue weighted by molar-refractivity contribution is -0.142. The summed E-state index contributed by atoms with van der Waals surface area (Å²) in [6, 6.07) is 13.2. The van der Waals surface area contributed by atoms with Crippen LogP contribution in [0.1, 0.15) is 37.7 Å². The van der Waals surface area contributed by atoms with Crippen LogP contribution >= 0.6 is 23.2 Å². The molecule has 3 heterocycles. The largest absolute Gasteiger partial charge is 0.359 e. The Balaban J connectivity index is 1.32. The molecule has 5 atom stereocenters. The van der Waals surface area contributed by atoms with Crippen molar-refractivity contribution in [3.8, 4) is 0 Å². The van der Waals surface area contributed by atoms with E-state index >= 15 is 0 Å². The molecule has 2 aromatic carbocycles. The lowest BCUT2D eigenvalue weighted by atomic mass is 9.74. The Kier molecular flexibility index (Phi) is 6.70. The molecule has 2 N–H and O–H groups in total. The summed E-state index contributed by atoms with van der Waals surface area (Å²) in [4.78, 5) is 43.1. The Hall–Kier alpha value is -2.87. The van der Waals surface area contributed by atoms with Crippen LogP contribution in [0.25, 0.3) is 0 Å². The summed E-state index contributed by atoms with van der Waals surface area (Å²) < 4.78 is 6.42. The average molecular weight is 554 g/mol. The number of rotatable bonds is 6. The predicted molar refractivity (Wildman–Crippen MR) is 145 cm³/mol. The topological polar surface area (TPSA) is 87.7 Å². The molecule has 1 aliphatic carbocycles. The molecule has 6 rings (SSSR count). The zero-order valence-corrected chi connectivity index (χ0v) is 22.3. The van der Waals surface area contributed by atoms with E-state index in [1.807, 2.05) is 24.3 Å². The molecule has 3 aliphatic heterocycles. The minimum Gasteiger partial charge on any atom is -0.359 e. The van der Waals surface area contributed by atoms with Crippen LogP contribution in [0.3, 0.4) is 0 Å². The molecule has 4 aliphatic rings. The second kappa shape index (κ2) is 10.0. The van der Waals surface area contributed by atoms with Crippen molar-refractivity contribution in [2.75, 3.05) is 5.32 Å². The van der Waals surface area contributed by atoms with Crippen molar-refractivity contribution in [1.82, 2.24) is 10.2 Å². The van der Waals surface area contributed by atoms with Crippen LogP contribution in [0.15, 0.2) is 60.7 Å². The smallest absolute Gasteiger partial charge is 0.246 e. The van der Waals surface area contributed by atoms with Gasteiger partial charge in [0, 0.05) is 28.3 Å². The number of fused-ring (bicyclic) bond motifs is 1. The van der Waals surface area contributed by atoms with Gasteiger partial charge in [-0.05, 0) is 54.8 Å². The Morgan fingerprint density at radius 2 is 1.61 bits per heavy atom. The number of nitrogens with one attached hydrogen (secondary N) is 2. The van der Waals surface area contributed by atoms with Crippen molar-refractivity contribution in [2.24, 2.45) is 11.8 Å². The number of ether oxygens (including phenoxy) is 1. The molecule has 3 fully saturated rings. The summed E-state index contributed by atoms with van der Waals surface area (Å²) in [5.74, 6) is -2.37. The van der Waals surface area contributed by atoms with Gasteiger partial charge in [0.2, 0.25) is 17.7 Å². The molecule has 1 saturated carbocycles. The van der Waals surface area contributed by atoms with Gasteiger partial charge in [0.15, 0.2) is 0 Å². The van der Waals surface area contributed by atoms with E-state index < -0.39 is 29.6 Å². The summed E-state index contributed by atoms with van der Waals surface area (Å²) in [6.07, 6.45) is 8.23. The molecule has 0 radical (unpaired) electrons. The highest BCUT2D eigenvalue weighted by Crippen LogP contribution is 2.55. The van der Waals surface area contributed by atoms with Gasteiger partial charge in [-0.2, -0.15) is 0 Å². The number of carbonyl (C=O) groups excluding carboxylic acids is 3. The maximum atomic E-state index is 14.1. The van der Waals surface area contributed by atoms with Gasteiger partial charge < -0.3 is 20.3 Å². The molecule has 2 aromatic rings. The van der Waals surface area contributed by atoms with E-state index in [0.717, 1.165) is 31.2 Å². The number of anilines is 1. The normalized spacial score (nSPS) is 29.9. The van der Waals surface area contributed by atoms with Crippen LogP contribution in [0, 0.1) is 11.8 Å². The SMILES string of the molecule is O=C(Nc1ccc(Cl)cc1)[C@@H]1[C@H]2C=C[C@@]3(O2)[C@H]1C(=O)N(Cc1ccc(Cl)cc1)[C@@H]3C(=O)NC1CCCCC1. The van der Waals surface area contributed by atoms with Crippen LogP contribution in [0.5, 0.6) is 0 Å². The quantitative estimate of drug-likeness (QED) is 0.506. The summed E-state index contributed by atoms with van der Waals surface area (Å²) in [6.45, 7) is 0.213. The van der Waals surface area contributed by atoms with Gasteiger partial charge in [0.05, 0.1) is 17.9 Å². The fourth-order valence-electron chi connectivity index (χ4n) is 6.51. The summed E-state index contributed by atoms with van der Waals surface area (Å²) >= 11 is 12.1. The van der Waals surface area contributed by atoms with E-state index in [1.165, 1.54) is 6.42 Å². The van der Waals surface area contributed by atoms with Crippen molar-refractivity contribution in [3.05, 3.63) is 76.3 Å². The minimum atomic E-state index is -1.20. The fraction of sp³-hybridized carbons (Fsp3) is 0.414. The Labute approximate surface area is 231 Å². The average Bonchev–Trinajstić information content (AvgIpc) is 3.55. The standard InChI is InChI=1S/C29H29Cl2N3O4/c30-18-8-6-17(7-9-18)16-34-25(27(36)33-20-4-2-1-3-5-20)29-15-14-22(38-29)23(24(29)28(34)37)26(35)32-21-12-10-19(31)11-13-21/h6-15,20,22-25H,1-5,16H2,(H,32,35)(H,33,36)/t22-,23-,24-,25-,29-/m1/s1. The third-order valence-electron chi connectivity index (χ3n) is 8.25. The van der Waals surface area contributed by atoms with Gasteiger partial charge in [0.1, 0.15) is 11.6 Å². The number of hydrogen-bond donors (Lipinski definition) is 2. The Morgan fingerprint density at radius 3 is 2.29 bits per heavy atom. The molecule has 0 aromatic heterocycles. The highest BCUT2D eigenvalue weighted by atomic mass is 35.5. The predicted octanol–water partition coefficient (Wildman–Crippen LogP) is 4.73. The van der Waals surface area contributed by atoms with E-state index in [9.17, 15) is 14.4 Å². The molecule has 2 bridgehead atoms. The number of nitrogens with zero attached hydrogens (tertiary/aromatic N) is 1. The molecule has 7 nitrogen and oxygen atoms in total. The molecule has 9 heteroatoms. The van der Waals surface area contributed by atoms with Crippen LogP contribution in [0.4, 0.5) is 5.69 Å². The number of benzene rings is 2. The van der Waals surface area contributed by atoms with Gasteiger partial charge in [-0.1, -0.05) is 66.7 Å². The highest BCUT2D eigenvalue weighted by Gasteiger charge is 2.72. The number of amides is 3. The van der Waals surface area contributed by atoms with Crippen molar-refractivity contribution < 1.29 is 19.1 Å². The van der Waals surface area contributed by atoms with Crippen molar-refractivity contribution in [3.63, 3.8) is 0 Å². The molecular weight excluding hydrogens is 525 g/mol. The van der Waals surface area contributed by atoms with Gasteiger partial charge in [-0.15, -0.1) is 0 Å². The third kappa shape index (κ3) is 4.40. The second-order valence-corrected chi connectivity index (χ2v) is 11.5. The van der Waals surface area contributed by atoms with Crippen LogP contribution in [-0.4, -0.2) is 46.4 Å². The van der Waals surface area contributed by atoms with E-state index in [1.54, 1.807) is 41.3 Å². The van der Waals surface area contributed by atoms with Crippen LogP contribution in [0.2, 0.25) is 10.0 Å². The Morgan fingerprint density at radius 1 is 0.947 bits per heavy atom. The van der Waals surface area contributed by atoms with Crippen LogP contribution in [-0.2, 0) is 25.7 Å². The van der Waals surface area contributed by atoms with Crippen molar-refractivity contribution in [2.45, 2.75) is 62.4 Å². The van der Waals surface area contributed by atoms with E-state index in [-0.39, 0.29) is 30.3 Å².